The molecule has 0 aliphatic heterocycles. The molecule has 4 rings (SSSR count). The fraction of sp³-hybridized carbons (Fsp3) is 0.136. The Morgan fingerprint density at radius 1 is 1.10 bits per heavy atom. The predicted molar refractivity (Wildman–Crippen MR) is 114 cm³/mol. The van der Waals surface area contributed by atoms with Gasteiger partial charge in [-0.25, -0.2) is 4.98 Å². The number of hydrogen-bond donors (Lipinski definition) is 1. The van der Waals surface area contributed by atoms with Gasteiger partial charge in [-0.2, -0.15) is 5.26 Å². The van der Waals surface area contributed by atoms with Crippen molar-refractivity contribution in [3.05, 3.63) is 76.4 Å². The van der Waals surface area contributed by atoms with Crippen LogP contribution in [0.4, 0.5) is 0 Å². The number of nitrogens with zero attached hydrogens (tertiary/aromatic N) is 4. The van der Waals surface area contributed by atoms with E-state index in [2.05, 4.69) is 56.9 Å². The number of fused-ring (bicyclic) bond motifs is 1. The van der Waals surface area contributed by atoms with Gasteiger partial charge in [0, 0.05) is 0 Å². The highest BCUT2D eigenvalue weighted by Crippen LogP contribution is 2.25. The van der Waals surface area contributed by atoms with Crippen LogP contribution < -0.4 is 5.32 Å². The van der Waals surface area contributed by atoms with Crippen LogP contribution in [0.15, 0.2) is 52.9 Å². The van der Waals surface area contributed by atoms with Gasteiger partial charge in [0.1, 0.15) is 18.0 Å². The molecule has 0 unspecified atom stereocenters. The minimum absolute atomic E-state index is 0.0476. The van der Waals surface area contributed by atoms with Crippen LogP contribution in [0.1, 0.15) is 27.9 Å². The van der Waals surface area contributed by atoms with Crippen LogP contribution in [0.3, 0.4) is 0 Å². The SMILES string of the molecule is N#CCNC(=O)Cc1nnc(Cc2nc3cc(C=Cc4ccccc4)ccc3s2)o1. The van der Waals surface area contributed by atoms with Crippen molar-refractivity contribution in [1.29, 1.82) is 5.26 Å². The Labute approximate surface area is 176 Å². The molecule has 0 aliphatic carbocycles. The van der Waals surface area contributed by atoms with E-state index in [1.54, 1.807) is 11.3 Å². The largest absolute Gasteiger partial charge is 0.424 e. The second-order valence-electron chi connectivity index (χ2n) is 6.46. The van der Waals surface area contributed by atoms with Crippen molar-refractivity contribution in [2.75, 3.05) is 6.54 Å². The summed E-state index contributed by atoms with van der Waals surface area (Å²) >= 11 is 1.57. The monoisotopic (exact) mass is 415 g/mol. The van der Waals surface area contributed by atoms with Gasteiger partial charge in [-0.1, -0.05) is 48.6 Å². The zero-order valence-electron chi connectivity index (χ0n) is 15.9. The molecule has 148 valence electrons. The summed E-state index contributed by atoms with van der Waals surface area (Å²) < 4.78 is 6.62. The van der Waals surface area contributed by atoms with Crippen LogP contribution in [0, 0.1) is 11.3 Å². The summed E-state index contributed by atoms with van der Waals surface area (Å²) in [7, 11) is 0. The maximum Gasteiger partial charge on any atom is 0.230 e. The number of carbonyl (C=O) groups is 1. The molecule has 2 heterocycles. The highest BCUT2D eigenvalue weighted by Gasteiger charge is 2.13. The Morgan fingerprint density at radius 3 is 2.73 bits per heavy atom. The van der Waals surface area contributed by atoms with Gasteiger partial charge in [0.15, 0.2) is 0 Å². The molecule has 2 aromatic heterocycles. The third-order valence-corrected chi connectivity index (χ3v) is 5.25. The summed E-state index contributed by atoms with van der Waals surface area (Å²) in [6, 6.07) is 18.1. The van der Waals surface area contributed by atoms with Crippen molar-refractivity contribution in [3.63, 3.8) is 0 Å². The van der Waals surface area contributed by atoms with Crippen molar-refractivity contribution in [3.8, 4) is 6.07 Å². The van der Waals surface area contributed by atoms with E-state index < -0.39 is 0 Å². The maximum atomic E-state index is 11.6. The molecular weight excluding hydrogens is 398 g/mol. The first-order valence-electron chi connectivity index (χ1n) is 9.27. The molecule has 0 atom stereocenters. The molecule has 0 radical (unpaired) electrons. The highest BCUT2D eigenvalue weighted by atomic mass is 32.1. The van der Waals surface area contributed by atoms with E-state index in [1.807, 2.05) is 30.3 Å². The van der Waals surface area contributed by atoms with Crippen LogP contribution in [0.25, 0.3) is 22.4 Å². The van der Waals surface area contributed by atoms with Crippen LogP contribution in [0.5, 0.6) is 0 Å². The minimum atomic E-state index is -0.331. The molecule has 2 aromatic carbocycles. The van der Waals surface area contributed by atoms with E-state index in [4.69, 9.17) is 9.68 Å². The fourth-order valence-corrected chi connectivity index (χ4v) is 3.77. The first-order valence-corrected chi connectivity index (χ1v) is 10.1. The molecule has 7 nitrogen and oxygen atoms in total. The van der Waals surface area contributed by atoms with E-state index >= 15 is 0 Å². The Bertz CT molecular complexity index is 1240. The molecule has 0 aliphatic rings. The van der Waals surface area contributed by atoms with Gasteiger partial charge in [0.25, 0.3) is 0 Å². The summed E-state index contributed by atoms with van der Waals surface area (Å²) in [4.78, 5) is 16.3. The quantitative estimate of drug-likeness (QED) is 0.365. The van der Waals surface area contributed by atoms with Crippen LogP contribution in [0.2, 0.25) is 0 Å². The van der Waals surface area contributed by atoms with Crippen LogP contribution in [-0.4, -0.2) is 27.6 Å². The molecule has 0 saturated carbocycles. The highest BCUT2D eigenvalue weighted by molar-refractivity contribution is 7.18. The lowest BCUT2D eigenvalue weighted by molar-refractivity contribution is -0.120. The van der Waals surface area contributed by atoms with E-state index in [0.29, 0.717) is 12.3 Å². The second kappa shape index (κ2) is 9.11. The molecule has 1 N–H and O–H groups in total. The van der Waals surface area contributed by atoms with Gasteiger partial charge in [-0.3, -0.25) is 4.79 Å². The zero-order valence-corrected chi connectivity index (χ0v) is 16.7. The normalized spacial score (nSPS) is 11.0. The van der Waals surface area contributed by atoms with E-state index in [1.165, 1.54) is 0 Å². The number of rotatable bonds is 7. The topological polar surface area (TPSA) is 105 Å². The van der Waals surface area contributed by atoms with Crippen molar-refractivity contribution >= 4 is 39.6 Å². The first-order chi connectivity index (χ1) is 14.7. The molecule has 0 saturated heterocycles. The average molecular weight is 415 g/mol. The van der Waals surface area contributed by atoms with Crippen molar-refractivity contribution in [2.24, 2.45) is 0 Å². The predicted octanol–water partition coefficient (Wildman–Crippen LogP) is 3.62. The summed E-state index contributed by atoms with van der Waals surface area (Å²) in [6.07, 6.45) is 4.49. The summed E-state index contributed by atoms with van der Waals surface area (Å²) in [5.74, 6) is 0.291. The lowest BCUT2D eigenvalue weighted by atomic mass is 10.1. The lowest BCUT2D eigenvalue weighted by Gasteiger charge is -1.95. The summed E-state index contributed by atoms with van der Waals surface area (Å²) in [5, 5.41) is 19.7. The number of aromatic nitrogens is 3. The van der Waals surface area contributed by atoms with Crippen LogP contribution in [-0.2, 0) is 17.6 Å². The standard InChI is InChI=1S/C22H17N5O2S/c23-10-11-24-19(28)13-20-26-27-21(29-20)14-22-25-17-12-16(8-9-18(17)30-22)7-6-15-4-2-1-3-5-15/h1-9,12H,11,13-14H2,(H,24,28). The summed E-state index contributed by atoms with van der Waals surface area (Å²) in [5.41, 5.74) is 3.14. The Hall–Kier alpha value is -3.83. The average Bonchev–Trinajstić information content (AvgIpc) is 3.37. The molecule has 0 spiro atoms. The molecule has 1 amide bonds. The van der Waals surface area contributed by atoms with Gasteiger partial charge in [-0.05, 0) is 23.3 Å². The molecule has 8 heteroatoms. The van der Waals surface area contributed by atoms with Crippen LogP contribution >= 0.6 is 11.3 Å². The van der Waals surface area contributed by atoms with Gasteiger partial charge in [0.2, 0.25) is 17.7 Å². The number of nitriles is 1. The minimum Gasteiger partial charge on any atom is -0.424 e. The number of carbonyl (C=O) groups excluding carboxylic acids is 1. The zero-order chi connectivity index (χ0) is 20.8. The number of amides is 1. The number of hydrogen-bond acceptors (Lipinski definition) is 7. The van der Waals surface area contributed by atoms with Gasteiger partial charge in [-0.15, -0.1) is 21.5 Å². The van der Waals surface area contributed by atoms with E-state index in [9.17, 15) is 4.79 Å². The van der Waals surface area contributed by atoms with Crippen molar-refractivity contribution in [2.45, 2.75) is 12.8 Å². The van der Waals surface area contributed by atoms with E-state index in [0.717, 1.165) is 26.4 Å². The molecule has 0 fully saturated rings. The molecule has 30 heavy (non-hydrogen) atoms. The Morgan fingerprint density at radius 2 is 1.90 bits per heavy atom. The fourth-order valence-electron chi connectivity index (χ4n) is 2.83. The van der Waals surface area contributed by atoms with Crippen molar-refractivity contribution < 1.29 is 9.21 Å². The Kier molecular flexibility index (Phi) is 5.92. The molecule has 4 aromatic rings. The summed E-state index contributed by atoms with van der Waals surface area (Å²) in [6.45, 7) is -0.0476. The maximum absolute atomic E-state index is 11.6. The number of benzene rings is 2. The van der Waals surface area contributed by atoms with Gasteiger partial charge < -0.3 is 9.73 Å². The smallest absolute Gasteiger partial charge is 0.230 e. The molecular formula is C22H17N5O2S. The number of nitrogens with one attached hydrogen (secondary N) is 1. The third-order valence-electron chi connectivity index (χ3n) is 4.21. The second-order valence-corrected chi connectivity index (χ2v) is 7.57. The van der Waals surface area contributed by atoms with E-state index in [-0.39, 0.29) is 24.8 Å². The molecule has 0 bridgehead atoms. The third kappa shape index (κ3) is 4.96. The Balaban J connectivity index is 1.43. The lowest BCUT2D eigenvalue weighted by Crippen LogP contribution is -2.25. The first kappa shape index (κ1) is 19.5. The van der Waals surface area contributed by atoms with Gasteiger partial charge in [0.05, 0.1) is 22.7 Å². The van der Waals surface area contributed by atoms with Gasteiger partial charge >= 0.3 is 0 Å². The number of thiazole rings is 1. The van der Waals surface area contributed by atoms with Crippen molar-refractivity contribution in [1.82, 2.24) is 20.5 Å².